The number of aromatic nitrogens is 2. The number of benzene rings is 3. The molecule has 3 aromatic carbocycles. The normalized spacial score (nSPS) is 10.6. The molecule has 156 valence electrons. The van der Waals surface area contributed by atoms with Crippen LogP contribution in [0.5, 0.6) is 5.75 Å². The minimum atomic E-state index is -0.309. The van der Waals surface area contributed by atoms with Crippen LogP contribution in [0.3, 0.4) is 0 Å². The monoisotopic (exact) mass is 435 g/mol. The third-order valence-electron chi connectivity index (χ3n) is 4.61. The van der Waals surface area contributed by atoms with Gasteiger partial charge in [0.15, 0.2) is 5.82 Å². The molecule has 0 aliphatic carbocycles. The number of halogens is 2. The van der Waals surface area contributed by atoms with Crippen molar-refractivity contribution in [1.29, 1.82) is 0 Å². The first-order valence-electron chi connectivity index (χ1n) is 9.62. The highest BCUT2D eigenvalue weighted by Gasteiger charge is 2.09. The number of rotatable bonds is 7. The molecule has 0 radical (unpaired) electrons. The number of anilines is 1. The summed E-state index contributed by atoms with van der Waals surface area (Å²) in [7, 11) is 0. The molecule has 1 N–H and O–H groups in total. The van der Waals surface area contributed by atoms with Gasteiger partial charge < -0.3 is 10.1 Å². The second-order valence-electron chi connectivity index (χ2n) is 6.88. The Kier molecular flexibility index (Phi) is 6.29. The fraction of sp³-hybridized carbons (Fsp3) is 0.0833. The third-order valence-corrected chi connectivity index (χ3v) is 4.98. The van der Waals surface area contributed by atoms with Gasteiger partial charge in [-0.1, -0.05) is 41.9 Å². The third kappa shape index (κ3) is 5.49. The van der Waals surface area contributed by atoms with E-state index in [0.29, 0.717) is 35.3 Å². The van der Waals surface area contributed by atoms with E-state index in [1.165, 1.54) is 12.1 Å². The van der Waals surface area contributed by atoms with Gasteiger partial charge in [0.05, 0.1) is 6.54 Å². The fourth-order valence-electron chi connectivity index (χ4n) is 2.96. The SMILES string of the molecule is O=C(Nc1ccn(Cc2ccccc2Cl)n1)c1ccc(COc2ccc(F)cc2)cc1. The molecule has 0 aliphatic rings. The molecular weight excluding hydrogens is 417 g/mol. The van der Waals surface area contributed by atoms with Gasteiger partial charge in [0, 0.05) is 22.8 Å². The minimum absolute atomic E-state index is 0.256. The molecule has 0 atom stereocenters. The van der Waals surface area contributed by atoms with Gasteiger partial charge in [-0.2, -0.15) is 5.10 Å². The van der Waals surface area contributed by atoms with Crippen LogP contribution in [0.2, 0.25) is 5.02 Å². The van der Waals surface area contributed by atoms with Crippen LogP contribution in [-0.2, 0) is 13.2 Å². The maximum absolute atomic E-state index is 12.9. The molecule has 1 aromatic heterocycles. The molecule has 5 nitrogen and oxygen atoms in total. The molecule has 0 saturated heterocycles. The van der Waals surface area contributed by atoms with Crippen molar-refractivity contribution in [1.82, 2.24) is 9.78 Å². The molecule has 0 unspecified atom stereocenters. The summed E-state index contributed by atoms with van der Waals surface area (Å²) in [6.07, 6.45) is 1.79. The molecule has 0 fully saturated rings. The molecule has 31 heavy (non-hydrogen) atoms. The molecule has 4 aromatic rings. The van der Waals surface area contributed by atoms with Crippen molar-refractivity contribution in [3.63, 3.8) is 0 Å². The van der Waals surface area contributed by atoms with Gasteiger partial charge in [0.25, 0.3) is 5.91 Å². The highest BCUT2D eigenvalue weighted by Crippen LogP contribution is 2.17. The van der Waals surface area contributed by atoms with Crippen LogP contribution in [-0.4, -0.2) is 15.7 Å². The predicted octanol–water partition coefficient (Wildman–Crippen LogP) is 5.56. The van der Waals surface area contributed by atoms with Crippen molar-refractivity contribution in [2.45, 2.75) is 13.2 Å². The summed E-state index contributed by atoms with van der Waals surface area (Å²) in [6.45, 7) is 0.832. The quantitative estimate of drug-likeness (QED) is 0.413. The lowest BCUT2D eigenvalue weighted by molar-refractivity contribution is 0.102. The predicted molar refractivity (Wildman–Crippen MR) is 118 cm³/mol. The topological polar surface area (TPSA) is 56.2 Å². The van der Waals surface area contributed by atoms with Crippen molar-refractivity contribution in [3.8, 4) is 5.75 Å². The summed E-state index contributed by atoms with van der Waals surface area (Å²) in [5.74, 6) is 0.474. The van der Waals surface area contributed by atoms with Crippen LogP contribution >= 0.6 is 11.6 Å². The van der Waals surface area contributed by atoms with E-state index in [2.05, 4.69) is 10.4 Å². The Morgan fingerprint density at radius 1 is 1.00 bits per heavy atom. The lowest BCUT2D eigenvalue weighted by atomic mass is 10.1. The Morgan fingerprint density at radius 3 is 2.48 bits per heavy atom. The van der Waals surface area contributed by atoms with Gasteiger partial charge in [-0.3, -0.25) is 9.48 Å². The van der Waals surface area contributed by atoms with Gasteiger partial charge in [-0.25, -0.2) is 4.39 Å². The Labute approximate surface area is 184 Å². The molecule has 0 aliphatic heterocycles. The fourth-order valence-corrected chi connectivity index (χ4v) is 3.15. The van der Waals surface area contributed by atoms with E-state index in [9.17, 15) is 9.18 Å². The van der Waals surface area contributed by atoms with Crippen molar-refractivity contribution >= 4 is 23.3 Å². The number of hydrogen-bond acceptors (Lipinski definition) is 3. The summed E-state index contributed by atoms with van der Waals surface area (Å²) < 4.78 is 20.3. The molecular formula is C24H19ClFN3O2. The zero-order chi connectivity index (χ0) is 21.6. The smallest absolute Gasteiger partial charge is 0.256 e. The van der Waals surface area contributed by atoms with Crippen molar-refractivity contribution in [2.75, 3.05) is 5.32 Å². The summed E-state index contributed by atoms with van der Waals surface area (Å²) in [6, 6.07) is 22.2. The van der Waals surface area contributed by atoms with E-state index < -0.39 is 0 Å². The van der Waals surface area contributed by atoms with E-state index in [1.54, 1.807) is 41.2 Å². The van der Waals surface area contributed by atoms with E-state index in [1.807, 2.05) is 36.4 Å². The average Bonchev–Trinajstić information content (AvgIpc) is 3.22. The van der Waals surface area contributed by atoms with Crippen LogP contribution < -0.4 is 10.1 Å². The summed E-state index contributed by atoms with van der Waals surface area (Å²) >= 11 is 6.19. The molecule has 1 heterocycles. The van der Waals surface area contributed by atoms with Gasteiger partial charge in [0.2, 0.25) is 0 Å². The number of amides is 1. The number of nitrogens with zero attached hydrogens (tertiary/aromatic N) is 2. The molecule has 1 amide bonds. The second-order valence-corrected chi connectivity index (χ2v) is 7.29. The van der Waals surface area contributed by atoms with Gasteiger partial charge >= 0.3 is 0 Å². The molecule has 0 spiro atoms. The summed E-state index contributed by atoms with van der Waals surface area (Å²) in [5.41, 5.74) is 2.35. The number of carbonyl (C=O) groups is 1. The largest absolute Gasteiger partial charge is 0.489 e. The van der Waals surface area contributed by atoms with E-state index >= 15 is 0 Å². The molecule has 7 heteroatoms. The van der Waals surface area contributed by atoms with Crippen LogP contribution in [0.15, 0.2) is 85.1 Å². The lowest BCUT2D eigenvalue weighted by Crippen LogP contribution is -2.13. The number of ether oxygens (including phenoxy) is 1. The van der Waals surface area contributed by atoms with Crippen molar-refractivity contribution in [2.24, 2.45) is 0 Å². The molecule has 4 rings (SSSR count). The van der Waals surface area contributed by atoms with E-state index in [0.717, 1.165) is 11.1 Å². The van der Waals surface area contributed by atoms with Crippen LogP contribution in [0.1, 0.15) is 21.5 Å². The first-order valence-corrected chi connectivity index (χ1v) is 10.0. The summed E-state index contributed by atoms with van der Waals surface area (Å²) in [5, 5.41) is 7.84. The summed E-state index contributed by atoms with van der Waals surface area (Å²) in [4.78, 5) is 12.5. The highest BCUT2D eigenvalue weighted by atomic mass is 35.5. The Hall–Kier alpha value is -3.64. The zero-order valence-electron chi connectivity index (χ0n) is 16.5. The first kappa shape index (κ1) is 20.6. The Morgan fingerprint density at radius 2 is 1.74 bits per heavy atom. The van der Waals surface area contributed by atoms with Gasteiger partial charge in [-0.15, -0.1) is 0 Å². The lowest BCUT2D eigenvalue weighted by Gasteiger charge is -2.07. The Bertz CT molecular complexity index is 1170. The molecule has 0 saturated carbocycles. The zero-order valence-corrected chi connectivity index (χ0v) is 17.2. The number of nitrogens with one attached hydrogen (secondary N) is 1. The van der Waals surface area contributed by atoms with E-state index in [4.69, 9.17) is 16.3 Å². The van der Waals surface area contributed by atoms with E-state index in [-0.39, 0.29) is 11.7 Å². The van der Waals surface area contributed by atoms with Crippen LogP contribution in [0.4, 0.5) is 10.2 Å². The molecule has 0 bridgehead atoms. The number of hydrogen-bond donors (Lipinski definition) is 1. The van der Waals surface area contributed by atoms with Gasteiger partial charge in [0.1, 0.15) is 18.2 Å². The minimum Gasteiger partial charge on any atom is -0.489 e. The van der Waals surface area contributed by atoms with Crippen molar-refractivity contribution in [3.05, 3.63) is 113 Å². The second kappa shape index (κ2) is 9.45. The van der Waals surface area contributed by atoms with Gasteiger partial charge in [-0.05, 0) is 53.6 Å². The first-order chi connectivity index (χ1) is 15.1. The maximum Gasteiger partial charge on any atom is 0.256 e. The highest BCUT2D eigenvalue weighted by molar-refractivity contribution is 6.31. The standard InChI is InChI=1S/C24H19ClFN3O2/c25-22-4-2-1-3-19(22)15-29-14-13-23(28-29)27-24(30)18-7-5-17(6-8-18)16-31-21-11-9-20(26)10-12-21/h1-14H,15-16H2,(H,27,28,30). The number of carbonyl (C=O) groups excluding carboxylic acids is 1. The maximum atomic E-state index is 12.9. The van der Waals surface area contributed by atoms with Crippen LogP contribution in [0, 0.1) is 5.82 Å². The Balaban J connectivity index is 1.33. The average molecular weight is 436 g/mol. The van der Waals surface area contributed by atoms with Crippen molar-refractivity contribution < 1.29 is 13.9 Å². The van der Waals surface area contributed by atoms with Crippen LogP contribution in [0.25, 0.3) is 0 Å².